The maximum absolute atomic E-state index is 11.4. The minimum atomic E-state index is -0.664. The van der Waals surface area contributed by atoms with Crippen LogP contribution < -0.4 is 5.32 Å². The van der Waals surface area contributed by atoms with Gasteiger partial charge in [-0.3, -0.25) is 0 Å². The van der Waals surface area contributed by atoms with Crippen molar-refractivity contribution in [3.8, 4) is 0 Å². The normalized spacial score (nSPS) is 20.1. The molecule has 0 unspecified atom stereocenters. The lowest BCUT2D eigenvalue weighted by Crippen LogP contribution is -2.37. The SMILES string of the molecule is [2H][C@H]([C@H]([2H])SC)[C@@H](C)NC(=O)OC(C)(C)C. The van der Waals surface area contributed by atoms with Crippen molar-refractivity contribution < 1.29 is 12.3 Å². The molecule has 0 aliphatic heterocycles. The first kappa shape index (κ1) is 10.1. The number of alkyl carbamates (subject to hydrolysis) is 1. The minimum absolute atomic E-state index is 0.398. The summed E-state index contributed by atoms with van der Waals surface area (Å²) in [6.07, 6.45) is 0.576. The summed E-state index contributed by atoms with van der Waals surface area (Å²) in [4.78, 5) is 11.4. The average Bonchev–Trinajstić information content (AvgIpc) is 2.12. The minimum Gasteiger partial charge on any atom is -0.444 e. The summed E-state index contributed by atoms with van der Waals surface area (Å²) >= 11 is 1.29. The Bertz CT molecular complexity index is 233. The zero-order chi connectivity index (χ0) is 12.9. The number of thioether (sulfide) groups is 1. The molecule has 3 atom stereocenters. The lowest BCUT2D eigenvalue weighted by molar-refractivity contribution is 0.0508. The quantitative estimate of drug-likeness (QED) is 0.793. The topological polar surface area (TPSA) is 38.3 Å². The van der Waals surface area contributed by atoms with Gasteiger partial charge >= 0.3 is 6.09 Å². The standard InChI is InChI=1S/C10H21NO2S/c1-8(6-7-14-5)11-9(12)13-10(2,3)4/h8H,6-7H2,1-5H3,(H,11,12)/t8-/m1/s1/i6D,7D/t6-,7+,8-. The molecule has 0 spiro atoms. The van der Waals surface area contributed by atoms with Gasteiger partial charge in [-0.2, -0.15) is 11.8 Å². The van der Waals surface area contributed by atoms with Gasteiger partial charge in [-0.15, -0.1) is 0 Å². The van der Waals surface area contributed by atoms with Gasteiger partial charge in [-0.05, 0) is 46.1 Å². The van der Waals surface area contributed by atoms with Crippen molar-refractivity contribution in [2.45, 2.75) is 45.7 Å². The van der Waals surface area contributed by atoms with Crippen LogP contribution in [0.2, 0.25) is 0 Å². The van der Waals surface area contributed by atoms with Crippen molar-refractivity contribution in [3.63, 3.8) is 0 Å². The molecule has 0 aromatic carbocycles. The number of nitrogens with one attached hydrogen (secondary N) is 1. The highest BCUT2D eigenvalue weighted by atomic mass is 32.2. The van der Waals surface area contributed by atoms with E-state index in [0.717, 1.165) is 0 Å². The largest absolute Gasteiger partial charge is 0.444 e. The van der Waals surface area contributed by atoms with Crippen molar-refractivity contribution in [3.05, 3.63) is 0 Å². The van der Waals surface area contributed by atoms with Crippen molar-refractivity contribution in [2.24, 2.45) is 0 Å². The Kier molecular flexibility index (Phi) is 4.47. The Morgan fingerprint density at radius 3 is 2.64 bits per heavy atom. The lowest BCUT2D eigenvalue weighted by atomic mass is 10.2. The summed E-state index contributed by atoms with van der Waals surface area (Å²) in [6.45, 7) is 7.05. The molecule has 0 aliphatic rings. The third-order valence-corrected chi connectivity index (χ3v) is 1.68. The average molecular weight is 221 g/mol. The molecule has 0 aromatic rings. The van der Waals surface area contributed by atoms with E-state index in [9.17, 15) is 4.79 Å². The fourth-order valence-corrected chi connectivity index (χ4v) is 1.13. The maximum atomic E-state index is 11.4. The van der Waals surface area contributed by atoms with E-state index in [1.807, 2.05) is 0 Å². The van der Waals surface area contributed by atoms with Crippen molar-refractivity contribution >= 4 is 17.9 Å². The second kappa shape index (κ2) is 6.17. The van der Waals surface area contributed by atoms with Crippen LogP contribution in [-0.4, -0.2) is 29.7 Å². The highest BCUT2D eigenvalue weighted by Crippen LogP contribution is 2.07. The molecule has 0 aromatic heterocycles. The molecule has 0 saturated carbocycles. The molecule has 0 radical (unpaired) electrons. The predicted octanol–water partition coefficient (Wildman–Crippen LogP) is 2.65. The Labute approximate surface area is 93.8 Å². The highest BCUT2D eigenvalue weighted by Gasteiger charge is 2.17. The van der Waals surface area contributed by atoms with Gasteiger partial charge in [0.1, 0.15) is 5.60 Å². The Hall–Kier alpha value is -0.380. The molecule has 0 bridgehead atoms. The molecule has 84 valence electrons. The second-order valence-corrected chi connectivity index (χ2v) is 4.74. The molecule has 0 rings (SSSR count). The molecule has 0 aliphatic carbocycles. The fraction of sp³-hybridized carbons (Fsp3) is 0.900. The number of amides is 1. The fourth-order valence-electron chi connectivity index (χ4n) is 0.738. The number of hydrogen-bond acceptors (Lipinski definition) is 3. The summed E-state index contributed by atoms with van der Waals surface area (Å²) in [6, 6.07) is -0.398. The van der Waals surface area contributed by atoms with E-state index in [1.165, 1.54) is 11.8 Å². The maximum Gasteiger partial charge on any atom is 0.407 e. The van der Waals surface area contributed by atoms with Gasteiger partial charge in [0.05, 0.1) is 0 Å². The van der Waals surface area contributed by atoms with Crippen molar-refractivity contribution in [2.75, 3.05) is 12.0 Å². The van der Waals surface area contributed by atoms with E-state index in [1.54, 1.807) is 34.0 Å². The molecular weight excluding hydrogens is 198 g/mol. The van der Waals surface area contributed by atoms with Crippen LogP contribution in [0.5, 0.6) is 0 Å². The van der Waals surface area contributed by atoms with Crippen LogP contribution >= 0.6 is 11.8 Å². The number of hydrogen-bond donors (Lipinski definition) is 1. The van der Waals surface area contributed by atoms with Gasteiger partial charge in [-0.1, -0.05) is 0 Å². The van der Waals surface area contributed by atoms with Crippen LogP contribution in [0.4, 0.5) is 4.79 Å². The predicted molar refractivity (Wildman–Crippen MR) is 61.8 cm³/mol. The molecule has 1 N–H and O–H groups in total. The molecular formula is C10H21NO2S. The highest BCUT2D eigenvalue weighted by molar-refractivity contribution is 7.98. The molecule has 0 heterocycles. The van der Waals surface area contributed by atoms with Crippen molar-refractivity contribution in [1.82, 2.24) is 5.32 Å². The summed E-state index contributed by atoms with van der Waals surface area (Å²) in [5.74, 6) is 0. The summed E-state index contributed by atoms with van der Waals surface area (Å²) in [5, 5.41) is 2.57. The number of carbonyl (C=O) groups is 1. The van der Waals surface area contributed by atoms with Crippen LogP contribution in [0.25, 0.3) is 0 Å². The first-order chi connectivity index (χ1) is 7.17. The van der Waals surface area contributed by atoms with Gasteiger partial charge in [0, 0.05) is 8.78 Å². The van der Waals surface area contributed by atoms with Gasteiger partial charge in [0.25, 0.3) is 0 Å². The second-order valence-electron chi connectivity index (χ2n) is 4.00. The number of rotatable bonds is 4. The lowest BCUT2D eigenvalue weighted by Gasteiger charge is -2.21. The molecule has 1 amide bonds. The van der Waals surface area contributed by atoms with E-state index in [-0.39, 0.29) is 0 Å². The van der Waals surface area contributed by atoms with Gasteiger partial charge < -0.3 is 10.1 Å². The molecule has 0 saturated heterocycles. The summed E-state index contributed by atoms with van der Waals surface area (Å²) < 4.78 is 20.4. The van der Waals surface area contributed by atoms with E-state index in [0.29, 0.717) is 0 Å². The third kappa shape index (κ3) is 8.23. The third-order valence-electron chi connectivity index (χ3n) is 1.25. The van der Waals surface area contributed by atoms with Gasteiger partial charge in [0.2, 0.25) is 0 Å². The zero-order valence-corrected chi connectivity index (χ0v) is 10.3. The van der Waals surface area contributed by atoms with Crippen LogP contribution in [0.3, 0.4) is 0 Å². The summed E-state index contributed by atoms with van der Waals surface area (Å²) in [7, 11) is 0. The Morgan fingerprint density at radius 1 is 1.64 bits per heavy atom. The van der Waals surface area contributed by atoms with E-state index in [4.69, 9.17) is 7.48 Å². The molecule has 14 heavy (non-hydrogen) atoms. The molecule has 4 heteroatoms. The van der Waals surface area contributed by atoms with Gasteiger partial charge in [-0.25, -0.2) is 4.79 Å². The smallest absolute Gasteiger partial charge is 0.407 e. The van der Waals surface area contributed by atoms with Crippen LogP contribution in [-0.2, 0) is 4.74 Å². The first-order valence-corrected chi connectivity index (χ1v) is 5.83. The van der Waals surface area contributed by atoms with E-state index < -0.39 is 29.9 Å². The summed E-state index contributed by atoms with van der Waals surface area (Å²) in [5.41, 5.74) is -1.11. The van der Waals surface area contributed by atoms with Crippen LogP contribution in [0.15, 0.2) is 0 Å². The molecule has 3 nitrogen and oxygen atoms in total. The van der Waals surface area contributed by atoms with Crippen LogP contribution in [0.1, 0.15) is 36.8 Å². The van der Waals surface area contributed by atoms with E-state index >= 15 is 0 Å². The van der Waals surface area contributed by atoms with E-state index in [2.05, 4.69) is 5.32 Å². The van der Waals surface area contributed by atoms with Crippen molar-refractivity contribution in [1.29, 1.82) is 0 Å². The zero-order valence-electron chi connectivity index (χ0n) is 11.5. The Morgan fingerprint density at radius 2 is 2.21 bits per heavy atom. The number of ether oxygens (including phenoxy) is 1. The number of carbonyl (C=O) groups excluding carboxylic acids is 1. The molecule has 0 fully saturated rings. The Balaban J connectivity index is 4.14. The monoisotopic (exact) mass is 221 g/mol. The first-order valence-electron chi connectivity index (χ1n) is 5.69. The van der Waals surface area contributed by atoms with Gasteiger partial charge in [0.15, 0.2) is 0 Å². The van der Waals surface area contributed by atoms with Crippen LogP contribution in [0, 0.1) is 0 Å².